The third-order valence-corrected chi connectivity index (χ3v) is 8.17. The molecule has 2 aliphatic rings. The molecule has 41 heavy (non-hydrogen) atoms. The van der Waals surface area contributed by atoms with Crippen molar-refractivity contribution < 1.29 is 0 Å². The fourth-order valence-electron chi connectivity index (χ4n) is 5.35. The highest BCUT2D eigenvalue weighted by molar-refractivity contribution is 9.10. The van der Waals surface area contributed by atoms with Gasteiger partial charge in [-0.1, -0.05) is 61.7 Å². The fourth-order valence-corrected chi connectivity index (χ4v) is 5.81. The first-order valence-electron chi connectivity index (χ1n) is 13.3. The SMILES string of the molecule is C=Cc1cccc(-c2c3nc(c(Br)c4ccc([nH]4)c(-c4cccc(C=C)c4)c4nc(cc5ccc2[nH]5)C=C4)C=C3)c1. The molecule has 0 fully saturated rings. The van der Waals surface area contributed by atoms with Gasteiger partial charge in [-0.05, 0) is 105 Å². The lowest BCUT2D eigenvalue weighted by Crippen LogP contribution is -1.87. The van der Waals surface area contributed by atoms with Crippen molar-refractivity contribution in [2.75, 3.05) is 0 Å². The van der Waals surface area contributed by atoms with Crippen LogP contribution in [0.15, 0.2) is 96.5 Å². The van der Waals surface area contributed by atoms with E-state index in [0.29, 0.717) is 0 Å². The Morgan fingerprint density at radius 3 is 1.88 bits per heavy atom. The van der Waals surface area contributed by atoms with E-state index >= 15 is 0 Å². The summed E-state index contributed by atoms with van der Waals surface area (Å²) < 4.78 is 0.886. The number of aromatic amines is 2. The summed E-state index contributed by atoms with van der Waals surface area (Å²) in [5.74, 6) is 0. The largest absolute Gasteiger partial charge is 0.355 e. The summed E-state index contributed by atoms with van der Waals surface area (Å²) >= 11 is 3.84. The molecule has 5 heterocycles. The van der Waals surface area contributed by atoms with Crippen molar-refractivity contribution in [3.63, 3.8) is 0 Å². The minimum absolute atomic E-state index is 0.847. The zero-order valence-corrected chi connectivity index (χ0v) is 23.7. The lowest BCUT2D eigenvalue weighted by atomic mass is 10.0. The van der Waals surface area contributed by atoms with E-state index in [9.17, 15) is 0 Å². The Labute approximate surface area is 246 Å². The maximum absolute atomic E-state index is 5.09. The van der Waals surface area contributed by atoms with Gasteiger partial charge in [0.25, 0.3) is 0 Å². The van der Waals surface area contributed by atoms with E-state index in [2.05, 4.69) is 136 Å². The third kappa shape index (κ3) is 4.60. The number of H-pyrrole nitrogens is 2. The van der Waals surface area contributed by atoms with Gasteiger partial charge in [-0.3, -0.25) is 0 Å². The molecule has 0 amide bonds. The van der Waals surface area contributed by atoms with Crippen LogP contribution in [0.4, 0.5) is 0 Å². The Morgan fingerprint density at radius 2 is 1.17 bits per heavy atom. The van der Waals surface area contributed by atoms with Crippen LogP contribution in [0.2, 0.25) is 0 Å². The summed E-state index contributed by atoms with van der Waals surface area (Å²) in [4.78, 5) is 17.4. The van der Waals surface area contributed by atoms with E-state index in [4.69, 9.17) is 9.97 Å². The lowest BCUT2D eigenvalue weighted by Gasteiger charge is -2.05. The summed E-state index contributed by atoms with van der Waals surface area (Å²) in [5.41, 5.74) is 13.6. The van der Waals surface area contributed by atoms with Crippen LogP contribution in [0, 0.1) is 0 Å². The first kappa shape index (κ1) is 25.0. The molecule has 2 N–H and O–H groups in total. The van der Waals surface area contributed by atoms with Gasteiger partial charge in [-0.2, -0.15) is 0 Å². The summed E-state index contributed by atoms with van der Waals surface area (Å²) in [6.07, 6.45) is 12.0. The molecule has 2 aliphatic heterocycles. The molecule has 0 spiro atoms. The van der Waals surface area contributed by atoms with E-state index in [1.807, 2.05) is 18.2 Å². The second kappa shape index (κ2) is 10.2. The average molecular weight is 594 g/mol. The first-order chi connectivity index (χ1) is 20.1. The van der Waals surface area contributed by atoms with Crippen molar-refractivity contribution in [3.8, 4) is 22.3 Å². The van der Waals surface area contributed by atoms with E-state index < -0.39 is 0 Å². The number of nitrogens with one attached hydrogen (secondary N) is 2. The molecular weight excluding hydrogens is 568 g/mol. The van der Waals surface area contributed by atoms with Gasteiger partial charge in [0.2, 0.25) is 0 Å². The van der Waals surface area contributed by atoms with Gasteiger partial charge in [-0.15, -0.1) is 0 Å². The molecule has 0 radical (unpaired) electrons. The predicted octanol–water partition coefficient (Wildman–Crippen LogP) is 10.0. The number of rotatable bonds is 4. The molecule has 5 heteroatoms. The van der Waals surface area contributed by atoms with Crippen molar-refractivity contribution >= 4 is 74.5 Å². The van der Waals surface area contributed by atoms with Crippen LogP contribution >= 0.6 is 15.9 Å². The second-order valence-corrected chi connectivity index (χ2v) is 10.7. The number of nitrogens with zero attached hydrogens (tertiary/aromatic N) is 2. The fraction of sp³-hybridized carbons (Fsp3) is 0. The Balaban J connectivity index is 1.59. The predicted molar refractivity (Wildman–Crippen MR) is 178 cm³/mol. The Morgan fingerprint density at radius 1 is 0.585 bits per heavy atom. The van der Waals surface area contributed by atoms with Gasteiger partial charge >= 0.3 is 0 Å². The van der Waals surface area contributed by atoms with Gasteiger partial charge in [0, 0.05) is 27.7 Å². The van der Waals surface area contributed by atoms with Gasteiger partial charge in [-0.25, -0.2) is 9.97 Å². The maximum atomic E-state index is 5.09. The number of hydrogen-bond acceptors (Lipinski definition) is 2. The van der Waals surface area contributed by atoms with Crippen molar-refractivity contribution in [3.05, 3.63) is 130 Å². The van der Waals surface area contributed by atoms with E-state index in [0.717, 1.165) is 82.7 Å². The van der Waals surface area contributed by atoms with Crippen molar-refractivity contribution in [1.29, 1.82) is 0 Å². The van der Waals surface area contributed by atoms with Gasteiger partial charge < -0.3 is 9.97 Å². The van der Waals surface area contributed by atoms with E-state index in [1.54, 1.807) is 0 Å². The zero-order chi connectivity index (χ0) is 27.9. The molecule has 8 bridgehead atoms. The summed E-state index contributed by atoms with van der Waals surface area (Å²) in [7, 11) is 0. The molecule has 4 nitrogen and oxygen atoms in total. The number of hydrogen-bond donors (Lipinski definition) is 2. The molecule has 0 atom stereocenters. The molecule has 0 saturated carbocycles. The molecule has 7 rings (SSSR count). The minimum Gasteiger partial charge on any atom is -0.355 e. The van der Waals surface area contributed by atoms with Crippen molar-refractivity contribution in [2.24, 2.45) is 0 Å². The Hall–Kier alpha value is -5.00. The van der Waals surface area contributed by atoms with Gasteiger partial charge in [0.1, 0.15) is 0 Å². The molecule has 5 aromatic rings. The topological polar surface area (TPSA) is 57.4 Å². The first-order valence-corrected chi connectivity index (χ1v) is 14.1. The molecule has 196 valence electrons. The number of aromatic nitrogens is 4. The minimum atomic E-state index is 0.847. The molecule has 0 unspecified atom stereocenters. The van der Waals surface area contributed by atoms with Crippen LogP contribution in [-0.2, 0) is 0 Å². The van der Waals surface area contributed by atoms with Crippen LogP contribution in [0.1, 0.15) is 33.9 Å². The third-order valence-electron chi connectivity index (χ3n) is 7.33. The van der Waals surface area contributed by atoms with Crippen LogP contribution in [0.3, 0.4) is 0 Å². The zero-order valence-electron chi connectivity index (χ0n) is 22.2. The number of benzene rings is 2. The molecular formula is C36H25BrN4. The van der Waals surface area contributed by atoms with Crippen LogP contribution in [0.25, 0.3) is 80.8 Å². The van der Waals surface area contributed by atoms with Crippen LogP contribution < -0.4 is 0 Å². The lowest BCUT2D eigenvalue weighted by molar-refractivity contribution is 1.30. The monoisotopic (exact) mass is 592 g/mol. The molecule has 0 aliphatic carbocycles. The summed E-state index contributed by atoms with van der Waals surface area (Å²) in [5, 5.41) is 0. The maximum Gasteiger partial charge on any atom is 0.0801 e. The summed E-state index contributed by atoms with van der Waals surface area (Å²) in [6, 6.07) is 27.1. The Kier molecular flexibility index (Phi) is 6.22. The van der Waals surface area contributed by atoms with Crippen LogP contribution in [0.5, 0.6) is 0 Å². The number of fused-ring (bicyclic) bond motifs is 8. The highest BCUT2D eigenvalue weighted by Gasteiger charge is 2.15. The quantitative estimate of drug-likeness (QED) is 0.213. The van der Waals surface area contributed by atoms with Crippen LogP contribution in [-0.4, -0.2) is 19.9 Å². The van der Waals surface area contributed by atoms with Crippen molar-refractivity contribution in [1.82, 2.24) is 19.9 Å². The van der Waals surface area contributed by atoms with E-state index in [1.165, 1.54) is 0 Å². The van der Waals surface area contributed by atoms with E-state index in [-0.39, 0.29) is 0 Å². The Bertz CT molecular complexity index is 2060. The van der Waals surface area contributed by atoms with Gasteiger partial charge in [0.05, 0.1) is 32.8 Å². The highest BCUT2D eigenvalue weighted by atomic mass is 79.9. The summed E-state index contributed by atoms with van der Waals surface area (Å²) in [6.45, 7) is 7.92. The highest BCUT2D eigenvalue weighted by Crippen LogP contribution is 2.35. The average Bonchev–Trinajstić information content (AvgIpc) is 3.82. The van der Waals surface area contributed by atoms with Crippen molar-refractivity contribution in [2.45, 2.75) is 0 Å². The number of halogens is 1. The smallest absolute Gasteiger partial charge is 0.0801 e. The molecule has 3 aromatic heterocycles. The normalized spacial score (nSPS) is 12.0. The van der Waals surface area contributed by atoms with Gasteiger partial charge in [0.15, 0.2) is 0 Å². The second-order valence-electron chi connectivity index (χ2n) is 9.95. The molecule has 2 aromatic carbocycles. The molecule has 0 saturated heterocycles. The standard InChI is InChI=1S/C36H25BrN4/c1-3-22-7-5-9-24(19-22)34-28-13-11-26(38-28)21-27-12-14-29(39-27)35(25-10-6-8-23(4-2)20-25)31-16-18-33(41-31)36(37)32-17-15-30(34)40-32/h3-21,38,41H,1-2H2.